The van der Waals surface area contributed by atoms with Crippen molar-refractivity contribution >= 4 is 15.9 Å². The van der Waals surface area contributed by atoms with Crippen LogP contribution in [0.15, 0.2) is 28.9 Å². The van der Waals surface area contributed by atoms with Gasteiger partial charge in [0.25, 0.3) is 0 Å². The molecule has 1 unspecified atom stereocenters. The highest BCUT2D eigenvalue weighted by Gasteiger charge is 2.22. The summed E-state index contributed by atoms with van der Waals surface area (Å²) in [6.07, 6.45) is 0.431. The molecule has 0 aliphatic rings. The number of nitrogens with zero attached hydrogens (tertiary/aromatic N) is 2. The fraction of sp³-hybridized carbons (Fsp3) is 0.357. The van der Waals surface area contributed by atoms with Gasteiger partial charge in [0.15, 0.2) is 0 Å². The molecule has 0 saturated heterocycles. The minimum atomic E-state index is -1.13. The quantitative estimate of drug-likeness (QED) is 0.861. The van der Waals surface area contributed by atoms with Crippen LogP contribution in [0.4, 0.5) is 4.39 Å². The lowest BCUT2D eigenvalue weighted by atomic mass is 10.1. The number of aliphatic hydroxyl groups is 1. The zero-order valence-electron chi connectivity index (χ0n) is 11.7. The lowest BCUT2D eigenvalue weighted by Crippen LogP contribution is -2.14. The van der Waals surface area contributed by atoms with Gasteiger partial charge in [-0.15, -0.1) is 0 Å². The summed E-state index contributed by atoms with van der Waals surface area (Å²) in [6, 6.07) is 4.34. The second-order valence-electron chi connectivity index (χ2n) is 4.38. The van der Waals surface area contributed by atoms with Gasteiger partial charge in [-0.1, -0.05) is 0 Å². The smallest absolute Gasteiger partial charge is 0.133 e. The van der Waals surface area contributed by atoms with Crippen LogP contribution in [0.3, 0.4) is 0 Å². The first-order valence-electron chi connectivity index (χ1n) is 6.30. The van der Waals surface area contributed by atoms with E-state index in [1.165, 1.54) is 19.2 Å². The second-order valence-corrected chi connectivity index (χ2v) is 5.24. The highest BCUT2D eigenvalue weighted by Crippen LogP contribution is 2.31. The van der Waals surface area contributed by atoms with Gasteiger partial charge < -0.3 is 14.6 Å². The van der Waals surface area contributed by atoms with E-state index in [4.69, 9.17) is 9.47 Å². The molecule has 0 aliphatic heterocycles. The third-order valence-corrected chi connectivity index (χ3v) is 3.71. The standard InChI is InChI=1S/C14H16BrFN2O3/c1-20-6-5-18-13(11(15)8-17-18)14(19)10-4-3-9(21-2)7-12(10)16/h3-4,7-8,14,19H,5-6H2,1-2H3. The average molecular weight is 359 g/mol. The lowest BCUT2D eigenvalue weighted by molar-refractivity contribution is 0.169. The molecular formula is C14H16BrFN2O3. The van der Waals surface area contributed by atoms with E-state index in [0.717, 1.165) is 0 Å². The summed E-state index contributed by atoms with van der Waals surface area (Å²) in [5.74, 6) is -0.136. The van der Waals surface area contributed by atoms with E-state index < -0.39 is 11.9 Å². The third kappa shape index (κ3) is 3.42. The van der Waals surface area contributed by atoms with E-state index in [1.54, 1.807) is 24.1 Å². The average Bonchev–Trinajstić information content (AvgIpc) is 2.85. The Morgan fingerprint density at radius 3 is 2.81 bits per heavy atom. The van der Waals surface area contributed by atoms with Crippen LogP contribution in [0.5, 0.6) is 5.75 Å². The minimum Gasteiger partial charge on any atom is -0.497 e. The molecule has 0 amide bonds. The predicted octanol–water partition coefficient (Wildman–Crippen LogP) is 2.52. The third-order valence-electron chi connectivity index (χ3n) is 3.10. The zero-order valence-corrected chi connectivity index (χ0v) is 13.3. The molecule has 1 aromatic carbocycles. The molecule has 0 radical (unpaired) electrons. The zero-order chi connectivity index (χ0) is 15.4. The number of aliphatic hydroxyl groups excluding tert-OH is 1. The maximum absolute atomic E-state index is 14.1. The molecule has 7 heteroatoms. The van der Waals surface area contributed by atoms with Crippen molar-refractivity contribution in [3.8, 4) is 5.75 Å². The normalized spacial score (nSPS) is 12.4. The fourth-order valence-electron chi connectivity index (χ4n) is 2.00. The molecular weight excluding hydrogens is 343 g/mol. The molecule has 0 bridgehead atoms. The van der Waals surface area contributed by atoms with Crippen molar-refractivity contribution in [2.45, 2.75) is 12.6 Å². The van der Waals surface area contributed by atoms with Gasteiger partial charge in [0.05, 0.1) is 36.6 Å². The molecule has 0 fully saturated rings. The molecule has 1 aromatic heterocycles. The summed E-state index contributed by atoms with van der Waals surface area (Å²) >= 11 is 3.33. The van der Waals surface area contributed by atoms with Gasteiger partial charge in [0.2, 0.25) is 0 Å². The lowest BCUT2D eigenvalue weighted by Gasteiger charge is -2.15. The topological polar surface area (TPSA) is 56.5 Å². The molecule has 1 N–H and O–H groups in total. The number of benzene rings is 1. The first-order chi connectivity index (χ1) is 10.1. The van der Waals surface area contributed by atoms with Gasteiger partial charge >= 0.3 is 0 Å². The van der Waals surface area contributed by atoms with Gasteiger partial charge in [-0.3, -0.25) is 4.68 Å². The van der Waals surface area contributed by atoms with E-state index in [2.05, 4.69) is 21.0 Å². The minimum absolute atomic E-state index is 0.163. The van der Waals surface area contributed by atoms with Gasteiger partial charge in [0, 0.05) is 18.7 Å². The second kappa shape index (κ2) is 7.02. The Balaban J connectivity index is 2.35. The summed E-state index contributed by atoms with van der Waals surface area (Å²) in [5, 5.41) is 14.6. The van der Waals surface area contributed by atoms with Crippen LogP contribution >= 0.6 is 15.9 Å². The SMILES string of the molecule is COCCn1ncc(Br)c1C(O)c1ccc(OC)cc1F. The Bertz CT molecular complexity index is 618. The molecule has 0 spiro atoms. The molecule has 2 rings (SSSR count). The van der Waals surface area contributed by atoms with E-state index in [9.17, 15) is 9.50 Å². The molecule has 2 aromatic rings. The summed E-state index contributed by atoms with van der Waals surface area (Å²) < 4.78 is 26.2. The Hall–Kier alpha value is -1.44. The van der Waals surface area contributed by atoms with Crippen molar-refractivity contribution in [2.24, 2.45) is 0 Å². The summed E-state index contributed by atoms with van der Waals surface area (Å²) in [7, 11) is 3.04. The van der Waals surface area contributed by atoms with E-state index in [1.807, 2.05) is 0 Å². The summed E-state index contributed by atoms with van der Waals surface area (Å²) in [5.41, 5.74) is 0.645. The number of aromatic nitrogens is 2. The van der Waals surface area contributed by atoms with Crippen LogP contribution in [0.2, 0.25) is 0 Å². The largest absolute Gasteiger partial charge is 0.497 e. The number of hydrogen-bond donors (Lipinski definition) is 1. The number of ether oxygens (including phenoxy) is 2. The highest BCUT2D eigenvalue weighted by atomic mass is 79.9. The molecule has 5 nitrogen and oxygen atoms in total. The van der Waals surface area contributed by atoms with Gasteiger partial charge in [-0.2, -0.15) is 5.10 Å². The van der Waals surface area contributed by atoms with Gasteiger partial charge in [0.1, 0.15) is 17.7 Å². The Kier molecular flexibility index (Phi) is 5.33. The monoisotopic (exact) mass is 358 g/mol. The van der Waals surface area contributed by atoms with E-state index in [-0.39, 0.29) is 5.56 Å². The van der Waals surface area contributed by atoms with Gasteiger partial charge in [-0.05, 0) is 28.1 Å². The van der Waals surface area contributed by atoms with Crippen LogP contribution in [0, 0.1) is 5.82 Å². The van der Waals surface area contributed by atoms with Crippen molar-refractivity contribution in [3.05, 3.63) is 45.9 Å². The van der Waals surface area contributed by atoms with Crippen LogP contribution < -0.4 is 4.74 Å². The first kappa shape index (κ1) is 15.9. The molecule has 0 aliphatic carbocycles. The van der Waals surface area contributed by atoms with Crippen LogP contribution in [-0.2, 0) is 11.3 Å². The fourth-order valence-corrected chi connectivity index (χ4v) is 2.52. The predicted molar refractivity (Wildman–Crippen MR) is 78.8 cm³/mol. The molecule has 1 atom stereocenters. The van der Waals surface area contributed by atoms with Crippen molar-refractivity contribution in [1.29, 1.82) is 0 Å². The number of hydrogen-bond acceptors (Lipinski definition) is 4. The number of halogens is 2. The van der Waals surface area contributed by atoms with Crippen molar-refractivity contribution in [1.82, 2.24) is 9.78 Å². The molecule has 0 saturated carbocycles. The first-order valence-corrected chi connectivity index (χ1v) is 7.09. The van der Waals surface area contributed by atoms with Crippen LogP contribution in [-0.4, -0.2) is 35.7 Å². The molecule has 1 heterocycles. The van der Waals surface area contributed by atoms with Crippen LogP contribution in [0.1, 0.15) is 17.4 Å². The van der Waals surface area contributed by atoms with Crippen LogP contribution in [0.25, 0.3) is 0 Å². The van der Waals surface area contributed by atoms with Crippen molar-refractivity contribution in [3.63, 3.8) is 0 Å². The summed E-state index contributed by atoms with van der Waals surface area (Å²) in [6.45, 7) is 0.908. The van der Waals surface area contributed by atoms with E-state index in [0.29, 0.717) is 29.1 Å². The maximum Gasteiger partial charge on any atom is 0.133 e. The summed E-state index contributed by atoms with van der Waals surface area (Å²) in [4.78, 5) is 0. The van der Waals surface area contributed by atoms with Gasteiger partial charge in [-0.25, -0.2) is 4.39 Å². The Morgan fingerprint density at radius 1 is 1.43 bits per heavy atom. The molecule has 114 valence electrons. The maximum atomic E-state index is 14.1. The number of methoxy groups -OCH3 is 2. The van der Waals surface area contributed by atoms with E-state index >= 15 is 0 Å². The van der Waals surface area contributed by atoms with Crippen molar-refractivity contribution in [2.75, 3.05) is 20.8 Å². The molecule has 21 heavy (non-hydrogen) atoms. The van der Waals surface area contributed by atoms with Crippen molar-refractivity contribution < 1.29 is 19.0 Å². The Labute approximate surface area is 130 Å². The number of rotatable bonds is 6. The Morgan fingerprint density at radius 2 is 2.19 bits per heavy atom. The highest BCUT2D eigenvalue weighted by molar-refractivity contribution is 9.10.